The van der Waals surface area contributed by atoms with Crippen LogP contribution in [-0.4, -0.2) is 50.0 Å². The predicted molar refractivity (Wildman–Crippen MR) is 85.0 cm³/mol. The zero-order valence-corrected chi connectivity index (χ0v) is 13.0. The molecule has 2 aromatic heterocycles. The first-order valence-corrected chi connectivity index (χ1v) is 7.30. The first kappa shape index (κ1) is 17.1. The molecule has 0 aliphatic heterocycles. The zero-order chi connectivity index (χ0) is 16.8. The molecule has 7 heteroatoms. The molecule has 0 bridgehead atoms. The molecule has 0 aliphatic carbocycles. The highest BCUT2D eigenvalue weighted by molar-refractivity contribution is 5.31. The SMILES string of the molecule is CN(CCO)Cc1c(O)c(=O)cc(CO)n1Cc1ccncc1. The fourth-order valence-corrected chi connectivity index (χ4v) is 2.41. The molecule has 0 unspecified atom stereocenters. The zero-order valence-electron chi connectivity index (χ0n) is 13.0. The molecule has 0 spiro atoms. The van der Waals surface area contributed by atoms with Crippen molar-refractivity contribution in [2.45, 2.75) is 19.7 Å². The number of hydrogen-bond acceptors (Lipinski definition) is 6. The molecular formula is C16H21N3O4. The van der Waals surface area contributed by atoms with Crippen molar-refractivity contribution in [1.29, 1.82) is 0 Å². The minimum Gasteiger partial charge on any atom is -0.503 e. The monoisotopic (exact) mass is 319 g/mol. The lowest BCUT2D eigenvalue weighted by atomic mass is 10.2. The Morgan fingerprint density at radius 2 is 1.96 bits per heavy atom. The van der Waals surface area contributed by atoms with Crippen LogP contribution < -0.4 is 5.43 Å². The van der Waals surface area contributed by atoms with Crippen LogP contribution in [0.2, 0.25) is 0 Å². The van der Waals surface area contributed by atoms with Crippen molar-refractivity contribution in [3.63, 3.8) is 0 Å². The molecule has 0 aliphatic rings. The van der Waals surface area contributed by atoms with Crippen molar-refractivity contribution in [2.24, 2.45) is 0 Å². The summed E-state index contributed by atoms with van der Waals surface area (Å²) in [5, 5.41) is 28.8. The molecule has 0 radical (unpaired) electrons. The molecule has 2 rings (SSSR count). The van der Waals surface area contributed by atoms with Gasteiger partial charge in [0.1, 0.15) is 0 Å². The molecular weight excluding hydrogens is 298 g/mol. The van der Waals surface area contributed by atoms with Crippen LogP contribution in [-0.2, 0) is 19.7 Å². The molecule has 0 fully saturated rings. The van der Waals surface area contributed by atoms with Gasteiger partial charge < -0.3 is 19.9 Å². The minimum atomic E-state index is -0.521. The summed E-state index contributed by atoms with van der Waals surface area (Å²) in [4.78, 5) is 17.7. The van der Waals surface area contributed by atoms with Crippen LogP contribution in [0.3, 0.4) is 0 Å². The van der Waals surface area contributed by atoms with Crippen LogP contribution in [0.1, 0.15) is 17.0 Å². The summed E-state index contributed by atoms with van der Waals surface area (Å²) >= 11 is 0. The maximum absolute atomic E-state index is 11.9. The lowest BCUT2D eigenvalue weighted by Gasteiger charge is -2.23. The Balaban J connectivity index is 2.48. The fraction of sp³-hybridized carbons (Fsp3) is 0.375. The number of aromatic nitrogens is 2. The molecule has 3 N–H and O–H groups in total. The van der Waals surface area contributed by atoms with E-state index in [1.807, 2.05) is 12.1 Å². The molecule has 23 heavy (non-hydrogen) atoms. The quantitative estimate of drug-likeness (QED) is 0.660. The van der Waals surface area contributed by atoms with Crippen LogP contribution in [0.5, 0.6) is 5.75 Å². The number of aromatic hydroxyl groups is 1. The molecule has 0 atom stereocenters. The summed E-state index contributed by atoms with van der Waals surface area (Å²) in [6.07, 6.45) is 3.32. The van der Waals surface area contributed by atoms with Crippen LogP contribution in [0.25, 0.3) is 0 Å². The number of aliphatic hydroxyl groups excluding tert-OH is 2. The van der Waals surface area contributed by atoms with E-state index in [2.05, 4.69) is 4.98 Å². The van der Waals surface area contributed by atoms with E-state index >= 15 is 0 Å². The maximum Gasteiger partial charge on any atom is 0.223 e. The second-order valence-electron chi connectivity index (χ2n) is 5.36. The van der Waals surface area contributed by atoms with E-state index < -0.39 is 5.43 Å². The van der Waals surface area contributed by atoms with Crippen LogP contribution in [0.15, 0.2) is 35.4 Å². The Morgan fingerprint density at radius 3 is 2.57 bits per heavy atom. The van der Waals surface area contributed by atoms with Crippen molar-refractivity contribution in [3.05, 3.63) is 57.8 Å². The first-order valence-electron chi connectivity index (χ1n) is 7.30. The highest BCUT2D eigenvalue weighted by Crippen LogP contribution is 2.18. The normalized spacial score (nSPS) is 11.1. The highest BCUT2D eigenvalue weighted by atomic mass is 16.3. The largest absolute Gasteiger partial charge is 0.503 e. The third kappa shape index (κ3) is 4.16. The van der Waals surface area contributed by atoms with Gasteiger partial charge in [0.15, 0.2) is 5.75 Å². The standard InChI is InChI=1S/C16H21N3O4/c1-18(6-7-20)10-14-16(23)15(22)8-13(11-21)19(14)9-12-2-4-17-5-3-12/h2-5,8,20-21,23H,6-7,9-11H2,1H3. The Kier molecular flexibility index (Phi) is 5.86. The smallest absolute Gasteiger partial charge is 0.223 e. The molecule has 2 aromatic rings. The molecule has 0 saturated heterocycles. The minimum absolute atomic E-state index is 0.0223. The number of likely N-dealkylation sites (N-methyl/N-ethyl adjacent to an activating group) is 1. The van der Waals surface area contributed by atoms with Gasteiger partial charge in [0, 0.05) is 43.8 Å². The number of nitrogens with zero attached hydrogens (tertiary/aromatic N) is 3. The average Bonchev–Trinajstić information content (AvgIpc) is 2.55. The summed E-state index contributed by atoms with van der Waals surface area (Å²) in [6, 6.07) is 4.90. The van der Waals surface area contributed by atoms with Crippen molar-refractivity contribution in [1.82, 2.24) is 14.5 Å². The van der Waals surface area contributed by atoms with Gasteiger partial charge in [-0.1, -0.05) is 0 Å². The summed E-state index contributed by atoms with van der Waals surface area (Å²) in [5.41, 5.74) is 1.25. The number of hydrogen-bond donors (Lipinski definition) is 3. The molecule has 0 amide bonds. The lowest BCUT2D eigenvalue weighted by molar-refractivity contribution is 0.211. The number of rotatable bonds is 7. The van der Waals surface area contributed by atoms with Crippen LogP contribution >= 0.6 is 0 Å². The Labute approximate surface area is 134 Å². The molecule has 124 valence electrons. The van der Waals surface area contributed by atoms with E-state index in [-0.39, 0.29) is 25.5 Å². The van der Waals surface area contributed by atoms with E-state index in [1.165, 1.54) is 6.07 Å². The van der Waals surface area contributed by atoms with Gasteiger partial charge in [-0.05, 0) is 24.7 Å². The van der Waals surface area contributed by atoms with Crippen molar-refractivity contribution < 1.29 is 15.3 Å². The molecule has 0 aromatic carbocycles. The summed E-state index contributed by atoms with van der Waals surface area (Å²) in [5.74, 6) is -0.332. The highest BCUT2D eigenvalue weighted by Gasteiger charge is 2.16. The molecule has 0 saturated carbocycles. The second kappa shape index (κ2) is 7.87. The van der Waals surface area contributed by atoms with Gasteiger partial charge in [-0.15, -0.1) is 0 Å². The van der Waals surface area contributed by atoms with E-state index in [4.69, 9.17) is 5.11 Å². The number of aliphatic hydroxyl groups is 2. The van der Waals surface area contributed by atoms with Gasteiger partial charge in [0.25, 0.3) is 0 Å². The van der Waals surface area contributed by atoms with E-state index in [9.17, 15) is 15.0 Å². The van der Waals surface area contributed by atoms with Gasteiger partial charge in [-0.2, -0.15) is 0 Å². The predicted octanol–water partition coefficient (Wildman–Crippen LogP) is -0.0864. The van der Waals surface area contributed by atoms with Crippen molar-refractivity contribution in [2.75, 3.05) is 20.2 Å². The van der Waals surface area contributed by atoms with Gasteiger partial charge in [-0.25, -0.2) is 0 Å². The Morgan fingerprint density at radius 1 is 1.26 bits per heavy atom. The summed E-state index contributed by atoms with van der Waals surface area (Å²) in [6.45, 7) is 0.754. The Hall–Kier alpha value is -2.22. The van der Waals surface area contributed by atoms with Crippen LogP contribution in [0, 0.1) is 0 Å². The second-order valence-corrected chi connectivity index (χ2v) is 5.36. The van der Waals surface area contributed by atoms with E-state index in [1.54, 1.807) is 28.9 Å². The molecule has 2 heterocycles. The average molecular weight is 319 g/mol. The van der Waals surface area contributed by atoms with Gasteiger partial charge in [0.05, 0.1) is 18.9 Å². The fourth-order valence-electron chi connectivity index (χ4n) is 2.41. The maximum atomic E-state index is 11.9. The topological polar surface area (TPSA) is 98.8 Å². The summed E-state index contributed by atoms with van der Waals surface area (Å²) < 4.78 is 1.72. The van der Waals surface area contributed by atoms with Crippen LogP contribution in [0.4, 0.5) is 0 Å². The first-order chi connectivity index (χ1) is 11.1. The Bertz CT molecular complexity index is 700. The van der Waals surface area contributed by atoms with Gasteiger partial charge >= 0.3 is 0 Å². The van der Waals surface area contributed by atoms with E-state index in [0.717, 1.165) is 5.56 Å². The lowest BCUT2D eigenvalue weighted by Crippen LogP contribution is -2.27. The van der Waals surface area contributed by atoms with E-state index in [0.29, 0.717) is 24.5 Å². The third-order valence-electron chi connectivity index (χ3n) is 3.63. The number of pyridine rings is 2. The third-order valence-corrected chi connectivity index (χ3v) is 3.63. The van der Waals surface area contributed by atoms with Crippen molar-refractivity contribution in [3.8, 4) is 5.75 Å². The van der Waals surface area contributed by atoms with Gasteiger partial charge in [0.2, 0.25) is 5.43 Å². The molecule has 7 nitrogen and oxygen atoms in total. The van der Waals surface area contributed by atoms with Gasteiger partial charge in [-0.3, -0.25) is 14.7 Å². The van der Waals surface area contributed by atoms with Crippen molar-refractivity contribution >= 4 is 0 Å². The summed E-state index contributed by atoms with van der Waals surface area (Å²) in [7, 11) is 1.78.